The second kappa shape index (κ2) is 7.91. The molecular weight excluding hydrogens is 358 g/mol. The maximum Gasteiger partial charge on any atom is 0.255 e. The molecule has 0 N–H and O–H groups in total. The number of aromatic nitrogens is 1. The number of aryl methyl sites for hydroxylation is 1. The number of amides is 1. The van der Waals surface area contributed by atoms with Crippen LogP contribution in [0.5, 0.6) is 0 Å². The normalized spacial score (nSPS) is 27.9. The summed E-state index contributed by atoms with van der Waals surface area (Å²) in [7, 11) is 0. The maximum absolute atomic E-state index is 13.4. The molecule has 5 rings (SSSR count). The fraction of sp³-hybridized carbons (Fsp3) is 0.520. The number of fused-ring (bicyclic) bond motifs is 1. The van der Waals surface area contributed by atoms with Gasteiger partial charge in [0.25, 0.3) is 5.91 Å². The Labute approximate surface area is 173 Å². The molecule has 3 heterocycles. The molecule has 0 bridgehead atoms. The zero-order valence-corrected chi connectivity index (χ0v) is 17.3. The van der Waals surface area contributed by atoms with Crippen molar-refractivity contribution in [2.45, 2.75) is 51.1 Å². The summed E-state index contributed by atoms with van der Waals surface area (Å²) >= 11 is 0. The van der Waals surface area contributed by atoms with Gasteiger partial charge in [-0.15, -0.1) is 0 Å². The number of carbonyl (C=O) groups is 1. The third-order valence-electron chi connectivity index (χ3n) is 7.46. The fourth-order valence-corrected chi connectivity index (χ4v) is 6.00. The second-order valence-electron chi connectivity index (χ2n) is 9.17. The summed E-state index contributed by atoms with van der Waals surface area (Å²) in [5.74, 6) is 1.23. The Morgan fingerprint density at radius 2 is 1.83 bits per heavy atom. The highest BCUT2D eigenvalue weighted by molar-refractivity contribution is 5.94. The fourth-order valence-electron chi connectivity index (χ4n) is 6.00. The van der Waals surface area contributed by atoms with Gasteiger partial charge in [0, 0.05) is 44.0 Å². The van der Waals surface area contributed by atoms with E-state index < -0.39 is 0 Å². The summed E-state index contributed by atoms with van der Waals surface area (Å²) in [5.41, 5.74) is 3.32. The van der Waals surface area contributed by atoms with E-state index in [1.807, 2.05) is 12.1 Å². The molecule has 1 aromatic carbocycles. The van der Waals surface area contributed by atoms with Crippen LogP contribution in [0.4, 0.5) is 0 Å². The van der Waals surface area contributed by atoms with E-state index in [1.165, 1.54) is 43.2 Å². The molecule has 2 aliphatic heterocycles. The van der Waals surface area contributed by atoms with Crippen molar-refractivity contribution in [1.82, 2.24) is 14.8 Å². The highest BCUT2D eigenvalue weighted by Gasteiger charge is 2.50. The average molecular weight is 390 g/mol. The number of pyridine rings is 1. The Morgan fingerprint density at radius 3 is 2.59 bits per heavy atom. The second-order valence-corrected chi connectivity index (χ2v) is 9.17. The summed E-state index contributed by atoms with van der Waals surface area (Å²) in [6.45, 7) is 5.32. The molecule has 0 unspecified atom stereocenters. The van der Waals surface area contributed by atoms with E-state index in [0.29, 0.717) is 17.4 Å². The van der Waals surface area contributed by atoms with E-state index in [-0.39, 0.29) is 11.9 Å². The van der Waals surface area contributed by atoms with E-state index >= 15 is 0 Å². The Morgan fingerprint density at radius 1 is 1.00 bits per heavy atom. The van der Waals surface area contributed by atoms with Gasteiger partial charge in [0.05, 0.1) is 11.6 Å². The van der Waals surface area contributed by atoms with E-state index in [2.05, 4.69) is 46.0 Å². The minimum absolute atomic E-state index is 0.130. The van der Waals surface area contributed by atoms with Crippen molar-refractivity contribution in [2.75, 3.05) is 19.6 Å². The molecule has 29 heavy (non-hydrogen) atoms. The van der Waals surface area contributed by atoms with Crippen LogP contribution >= 0.6 is 0 Å². The first kappa shape index (κ1) is 18.8. The number of likely N-dealkylation sites (tertiary alicyclic amines) is 2. The van der Waals surface area contributed by atoms with Crippen LogP contribution in [0, 0.1) is 18.8 Å². The van der Waals surface area contributed by atoms with Crippen molar-refractivity contribution >= 4 is 5.91 Å². The van der Waals surface area contributed by atoms with Crippen LogP contribution in [-0.4, -0.2) is 46.4 Å². The molecule has 1 saturated carbocycles. The molecule has 1 aliphatic carbocycles. The molecule has 2 aromatic rings. The lowest BCUT2D eigenvalue weighted by atomic mass is 9.87. The highest BCUT2D eigenvalue weighted by atomic mass is 16.2. The molecule has 0 spiro atoms. The van der Waals surface area contributed by atoms with Crippen LogP contribution in [-0.2, 0) is 0 Å². The first-order valence-corrected chi connectivity index (χ1v) is 11.2. The van der Waals surface area contributed by atoms with E-state index in [4.69, 9.17) is 0 Å². The van der Waals surface area contributed by atoms with Crippen molar-refractivity contribution in [1.29, 1.82) is 0 Å². The van der Waals surface area contributed by atoms with Gasteiger partial charge in [-0.3, -0.25) is 14.7 Å². The summed E-state index contributed by atoms with van der Waals surface area (Å²) in [6, 6.07) is 13.3. The summed E-state index contributed by atoms with van der Waals surface area (Å²) in [4.78, 5) is 22.5. The number of hydrogen-bond donors (Lipinski definition) is 0. The van der Waals surface area contributed by atoms with Gasteiger partial charge in [-0.2, -0.15) is 0 Å². The summed E-state index contributed by atoms with van der Waals surface area (Å²) < 4.78 is 0. The Hall–Kier alpha value is -2.20. The van der Waals surface area contributed by atoms with Gasteiger partial charge in [0.15, 0.2) is 0 Å². The minimum Gasteiger partial charge on any atom is -0.331 e. The van der Waals surface area contributed by atoms with Crippen LogP contribution in [0.15, 0.2) is 48.8 Å². The SMILES string of the molecule is Cc1ccccc1[C@@H]1[C@H]2CN(C3CCCCC3)C[C@H]2CN1C(=O)c1cccnc1. The monoisotopic (exact) mass is 389 g/mol. The van der Waals surface area contributed by atoms with Gasteiger partial charge in [-0.05, 0) is 48.9 Å². The number of rotatable bonds is 3. The molecule has 152 valence electrons. The van der Waals surface area contributed by atoms with Crippen molar-refractivity contribution in [3.63, 3.8) is 0 Å². The largest absolute Gasteiger partial charge is 0.331 e. The predicted molar refractivity (Wildman–Crippen MR) is 115 cm³/mol. The Bertz CT molecular complexity index is 861. The molecule has 2 saturated heterocycles. The molecule has 3 atom stereocenters. The third kappa shape index (κ3) is 3.48. The zero-order chi connectivity index (χ0) is 19.8. The van der Waals surface area contributed by atoms with Crippen LogP contribution in [0.3, 0.4) is 0 Å². The maximum atomic E-state index is 13.4. The van der Waals surface area contributed by atoms with Crippen LogP contribution in [0.2, 0.25) is 0 Å². The average Bonchev–Trinajstić information content (AvgIpc) is 3.33. The minimum atomic E-state index is 0.130. The molecule has 1 aromatic heterocycles. The van der Waals surface area contributed by atoms with E-state index in [0.717, 1.165) is 25.7 Å². The topological polar surface area (TPSA) is 36.4 Å². The first-order chi connectivity index (χ1) is 14.2. The van der Waals surface area contributed by atoms with Gasteiger partial charge >= 0.3 is 0 Å². The number of hydrogen-bond acceptors (Lipinski definition) is 3. The van der Waals surface area contributed by atoms with Gasteiger partial charge in [-0.1, -0.05) is 43.5 Å². The van der Waals surface area contributed by atoms with Gasteiger partial charge in [0.1, 0.15) is 0 Å². The molecule has 0 radical (unpaired) electrons. The van der Waals surface area contributed by atoms with E-state index in [1.54, 1.807) is 12.4 Å². The quantitative estimate of drug-likeness (QED) is 0.777. The molecule has 4 nitrogen and oxygen atoms in total. The van der Waals surface area contributed by atoms with Gasteiger partial charge < -0.3 is 4.90 Å². The van der Waals surface area contributed by atoms with Gasteiger partial charge in [0.2, 0.25) is 0 Å². The van der Waals surface area contributed by atoms with Gasteiger partial charge in [-0.25, -0.2) is 0 Å². The lowest BCUT2D eigenvalue weighted by Gasteiger charge is -2.35. The predicted octanol–water partition coefficient (Wildman–Crippen LogP) is 4.47. The smallest absolute Gasteiger partial charge is 0.255 e. The van der Waals surface area contributed by atoms with Crippen molar-refractivity contribution in [3.8, 4) is 0 Å². The van der Waals surface area contributed by atoms with Crippen LogP contribution < -0.4 is 0 Å². The number of benzene rings is 1. The van der Waals surface area contributed by atoms with Crippen LogP contribution in [0.25, 0.3) is 0 Å². The standard InChI is InChI=1S/C25H31N3O/c1-18-8-5-6-12-22(18)24-23-17-27(21-10-3-2-4-11-21)15-20(23)16-28(24)25(29)19-9-7-13-26-14-19/h5-9,12-14,20-21,23-24H,2-4,10-11,15-17H2,1H3/t20-,23-,24+/m0/s1. The molecule has 3 aliphatic rings. The Balaban J connectivity index is 1.45. The lowest BCUT2D eigenvalue weighted by molar-refractivity contribution is 0.0686. The highest BCUT2D eigenvalue weighted by Crippen LogP contribution is 2.47. The Kier molecular flexibility index (Phi) is 5.13. The number of nitrogens with zero attached hydrogens (tertiary/aromatic N) is 3. The van der Waals surface area contributed by atoms with Crippen LogP contribution in [0.1, 0.15) is 59.6 Å². The summed E-state index contributed by atoms with van der Waals surface area (Å²) in [5, 5.41) is 0. The lowest BCUT2D eigenvalue weighted by Crippen LogP contribution is -2.40. The molecule has 1 amide bonds. The summed E-state index contributed by atoms with van der Waals surface area (Å²) in [6.07, 6.45) is 10.3. The zero-order valence-electron chi connectivity index (χ0n) is 17.3. The first-order valence-electron chi connectivity index (χ1n) is 11.2. The van der Waals surface area contributed by atoms with Crippen molar-refractivity contribution < 1.29 is 4.79 Å². The number of carbonyl (C=O) groups excluding carboxylic acids is 1. The van der Waals surface area contributed by atoms with E-state index in [9.17, 15) is 4.79 Å². The van der Waals surface area contributed by atoms with Crippen molar-refractivity contribution in [3.05, 3.63) is 65.5 Å². The molecule has 3 fully saturated rings. The molecular formula is C25H31N3O. The molecule has 4 heteroatoms. The van der Waals surface area contributed by atoms with Crippen molar-refractivity contribution in [2.24, 2.45) is 11.8 Å². The third-order valence-corrected chi connectivity index (χ3v) is 7.46.